The molecular weight excluding hydrogens is 304 g/mol. The van der Waals surface area contributed by atoms with Crippen molar-refractivity contribution in [2.24, 2.45) is 7.05 Å². The highest BCUT2D eigenvalue weighted by molar-refractivity contribution is 9.10. The van der Waals surface area contributed by atoms with E-state index >= 15 is 0 Å². The molecule has 0 bridgehead atoms. The van der Waals surface area contributed by atoms with Gasteiger partial charge in [-0.3, -0.25) is 0 Å². The standard InChI is InChI=1S/C12H12BrClN2O/c1-16-10(6-7-17)11(13)15-12(16)8-4-2-3-5-9(8)14/h2-5,17H,6-7H2,1H3. The van der Waals surface area contributed by atoms with E-state index in [0.717, 1.165) is 21.7 Å². The number of aliphatic hydroxyl groups is 1. The Morgan fingerprint density at radius 3 is 2.76 bits per heavy atom. The second-order valence-corrected chi connectivity index (χ2v) is 4.84. The molecule has 0 aliphatic rings. The summed E-state index contributed by atoms with van der Waals surface area (Å²) in [5.74, 6) is 0.797. The quantitative estimate of drug-likeness (QED) is 0.945. The predicted molar refractivity (Wildman–Crippen MR) is 72.1 cm³/mol. The van der Waals surface area contributed by atoms with Crippen LogP contribution in [0.2, 0.25) is 5.02 Å². The molecule has 0 saturated carbocycles. The summed E-state index contributed by atoms with van der Waals surface area (Å²) in [6.07, 6.45) is 0.564. The first kappa shape index (κ1) is 12.6. The van der Waals surface area contributed by atoms with Crippen molar-refractivity contribution in [2.75, 3.05) is 6.61 Å². The number of halogens is 2. The van der Waals surface area contributed by atoms with Crippen molar-refractivity contribution >= 4 is 27.5 Å². The van der Waals surface area contributed by atoms with Crippen LogP contribution in [-0.4, -0.2) is 21.3 Å². The van der Waals surface area contributed by atoms with Crippen LogP contribution in [0.15, 0.2) is 28.9 Å². The lowest BCUT2D eigenvalue weighted by Crippen LogP contribution is -2.01. The molecule has 2 rings (SSSR count). The van der Waals surface area contributed by atoms with Gasteiger partial charge in [0, 0.05) is 25.6 Å². The Labute approximate surface area is 113 Å². The summed E-state index contributed by atoms with van der Waals surface area (Å²) in [5.41, 5.74) is 1.85. The molecule has 0 unspecified atom stereocenters. The topological polar surface area (TPSA) is 38.0 Å². The Balaban J connectivity index is 2.54. The van der Waals surface area contributed by atoms with Gasteiger partial charge in [-0.15, -0.1) is 0 Å². The van der Waals surface area contributed by atoms with Gasteiger partial charge in [-0.05, 0) is 28.1 Å². The highest BCUT2D eigenvalue weighted by atomic mass is 79.9. The molecule has 0 spiro atoms. The fraction of sp³-hybridized carbons (Fsp3) is 0.250. The van der Waals surface area contributed by atoms with Crippen LogP contribution in [0.1, 0.15) is 5.69 Å². The van der Waals surface area contributed by atoms with Crippen molar-refractivity contribution < 1.29 is 5.11 Å². The van der Waals surface area contributed by atoms with E-state index in [1.165, 1.54) is 0 Å². The third kappa shape index (κ3) is 2.39. The molecular formula is C12H12BrClN2O. The molecule has 1 aromatic heterocycles. The summed E-state index contributed by atoms with van der Waals surface area (Å²) < 4.78 is 2.70. The van der Waals surface area contributed by atoms with Gasteiger partial charge in [0.15, 0.2) is 0 Å². The number of aliphatic hydroxyl groups excluding tert-OH is 1. The minimum atomic E-state index is 0.0973. The maximum atomic E-state index is 9.01. The third-order valence-corrected chi connectivity index (χ3v) is 3.59. The zero-order chi connectivity index (χ0) is 12.4. The molecule has 0 saturated heterocycles. The van der Waals surface area contributed by atoms with Gasteiger partial charge in [0.05, 0.1) is 10.7 Å². The van der Waals surface area contributed by atoms with Gasteiger partial charge < -0.3 is 9.67 Å². The molecule has 0 radical (unpaired) electrons. The first-order valence-corrected chi connectivity index (χ1v) is 6.39. The van der Waals surface area contributed by atoms with Gasteiger partial charge in [0.2, 0.25) is 0 Å². The van der Waals surface area contributed by atoms with Crippen LogP contribution in [0.5, 0.6) is 0 Å². The van der Waals surface area contributed by atoms with Crippen LogP contribution in [-0.2, 0) is 13.5 Å². The van der Waals surface area contributed by atoms with E-state index in [4.69, 9.17) is 16.7 Å². The first-order chi connectivity index (χ1) is 8.15. The molecule has 1 heterocycles. The maximum absolute atomic E-state index is 9.01. The van der Waals surface area contributed by atoms with Gasteiger partial charge in [0.1, 0.15) is 10.4 Å². The Morgan fingerprint density at radius 2 is 2.12 bits per heavy atom. The van der Waals surface area contributed by atoms with Crippen molar-refractivity contribution in [3.8, 4) is 11.4 Å². The SMILES string of the molecule is Cn1c(-c2ccccc2Cl)nc(Br)c1CCO. The Hall–Kier alpha value is -0.840. The molecule has 17 heavy (non-hydrogen) atoms. The number of hydrogen-bond acceptors (Lipinski definition) is 2. The molecule has 1 N–H and O–H groups in total. The fourth-order valence-corrected chi connectivity index (χ4v) is 2.61. The normalized spacial score (nSPS) is 10.8. The lowest BCUT2D eigenvalue weighted by Gasteiger charge is -2.06. The minimum Gasteiger partial charge on any atom is -0.396 e. The van der Waals surface area contributed by atoms with Gasteiger partial charge >= 0.3 is 0 Å². The predicted octanol–water partition coefficient (Wildman–Crippen LogP) is 3.04. The van der Waals surface area contributed by atoms with E-state index in [2.05, 4.69) is 20.9 Å². The second-order valence-electron chi connectivity index (χ2n) is 3.69. The minimum absolute atomic E-state index is 0.0973. The van der Waals surface area contributed by atoms with Gasteiger partial charge in [-0.1, -0.05) is 23.7 Å². The van der Waals surface area contributed by atoms with Crippen LogP contribution in [0.25, 0.3) is 11.4 Å². The van der Waals surface area contributed by atoms with Crippen molar-refractivity contribution in [3.63, 3.8) is 0 Å². The monoisotopic (exact) mass is 314 g/mol. The van der Waals surface area contributed by atoms with E-state index in [-0.39, 0.29) is 6.61 Å². The van der Waals surface area contributed by atoms with E-state index in [9.17, 15) is 0 Å². The molecule has 5 heteroatoms. The molecule has 0 aliphatic carbocycles. The van der Waals surface area contributed by atoms with Crippen molar-refractivity contribution in [2.45, 2.75) is 6.42 Å². The molecule has 0 atom stereocenters. The van der Waals surface area contributed by atoms with Crippen LogP contribution in [0, 0.1) is 0 Å². The van der Waals surface area contributed by atoms with Crippen LogP contribution in [0.4, 0.5) is 0 Å². The third-order valence-electron chi connectivity index (χ3n) is 2.63. The number of nitrogens with zero attached hydrogens (tertiary/aromatic N) is 2. The molecule has 3 nitrogen and oxygen atoms in total. The lowest BCUT2D eigenvalue weighted by molar-refractivity contribution is 0.296. The fourth-order valence-electron chi connectivity index (χ4n) is 1.76. The number of aromatic nitrogens is 2. The number of hydrogen-bond donors (Lipinski definition) is 1. The average molecular weight is 316 g/mol. The summed E-state index contributed by atoms with van der Waals surface area (Å²) >= 11 is 9.56. The van der Waals surface area contributed by atoms with E-state index in [0.29, 0.717) is 11.4 Å². The van der Waals surface area contributed by atoms with Gasteiger partial charge in [-0.2, -0.15) is 0 Å². The Bertz CT molecular complexity index is 539. The van der Waals surface area contributed by atoms with E-state index in [1.807, 2.05) is 35.9 Å². The van der Waals surface area contributed by atoms with Gasteiger partial charge in [-0.25, -0.2) is 4.98 Å². The van der Waals surface area contributed by atoms with Crippen molar-refractivity contribution in [1.29, 1.82) is 0 Å². The molecule has 90 valence electrons. The summed E-state index contributed by atoms with van der Waals surface area (Å²) in [7, 11) is 1.92. The molecule has 0 amide bonds. The maximum Gasteiger partial charge on any atom is 0.142 e. The zero-order valence-corrected chi connectivity index (χ0v) is 11.7. The van der Waals surface area contributed by atoms with Crippen LogP contribution >= 0.6 is 27.5 Å². The van der Waals surface area contributed by atoms with Crippen LogP contribution < -0.4 is 0 Å². The highest BCUT2D eigenvalue weighted by Crippen LogP contribution is 2.29. The average Bonchev–Trinajstić information content (AvgIpc) is 2.58. The molecule has 0 fully saturated rings. The lowest BCUT2D eigenvalue weighted by atomic mass is 10.2. The Kier molecular flexibility index (Phi) is 3.86. The zero-order valence-electron chi connectivity index (χ0n) is 9.32. The largest absolute Gasteiger partial charge is 0.396 e. The second kappa shape index (κ2) is 5.21. The van der Waals surface area contributed by atoms with Crippen molar-refractivity contribution in [1.82, 2.24) is 9.55 Å². The summed E-state index contributed by atoms with van der Waals surface area (Å²) in [6, 6.07) is 7.58. The smallest absolute Gasteiger partial charge is 0.142 e. The van der Waals surface area contributed by atoms with Crippen molar-refractivity contribution in [3.05, 3.63) is 39.6 Å². The molecule has 2 aromatic rings. The number of imidazole rings is 1. The highest BCUT2D eigenvalue weighted by Gasteiger charge is 2.15. The molecule has 1 aromatic carbocycles. The van der Waals surface area contributed by atoms with E-state index < -0.39 is 0 Å². The van der Waals surface area contributed by atoms with E-state index in [1.54, 1.807) is 0 Å². The summed E-state index contributed by atoms with van der Waals surface area (Å²) in [4.78, 5) is 4.44. The number of benzene rings is 1. The summed E-state index contributed by atoms with van der Waals surface area (Å²) in [5, 5.41) is 9.69. The Morgan fingerprint density at radius 1 is 1.41 bits per heavy atom. The number of rotatable bonds is 3. The van der Waals surface area contributed by atoms with Gasteiger partial charge in [0.25, 0.3) is 0 Å². The first-order valence-electron chi connectivity index (χ1n) is 5.22. The molecule has 0 aliphatic heterocycles. The van der Waals surface area contributed by atoms with Crippen LogP contribution in [0.3, 0.4) is 0 Å². The summed E-state index contributed by atoms with van der Waals surface area (Å²) in [6.45, 7) is 0.0973.